The summed E-state index contributed by atoms with van der Waals surface area (Å²) < 4.78 is 5.08. The summed E-state index contributed by atoms with van der Waals surface area (Å²) in [4.78, 5) is 26.1. The molecule has 1 N–H and O–H groups in total. The van der Waals surface area contributed by atoms with Crippen molar-refractivity contribution in [2.45, 2.75) is 27.7 Å². The van der Waals surface area contributed by atoms with Crippen LogP contribution in [0.3, 0.4) is 0 Å². The second-order valence-electron chi connectivity index (χ2n) is 4.52. The number of rotatable bonds is 1. The van der Waals surface area contributed by atoms with E-state index < -0.39 is 5.63 Å². The van der Waals surface area contributed by atoms with E-state index in [-0.39, 0.29) is 5.56 Å². The van der Waals surface area contributed by atoms with Gasteiger partial charge in [-0.1, -0.05) is 0 Å². The van der Waals surface area contributed by atoms with Gasteiger partial charge in [0.15, 0.2) is 0 Å². The van der Waals surface area contributed by atoms with Gasteiger partial charge in [-0.2, -0.15) is 0 Å². The van der Waals surface area contributed by atoms with Crippen molar-refractivity contribution in [3.63, 3.8) is 0 Å². The minimum Gasteiger partial charge on any atom is -0.428 e. The molecule has 0 atom stereocenters. The van der Waals surface area contributed by atoms with Crippen molar-refractivity contribution in [1.29, 1.82) is 0 Å². The Morgan fingerprint density at radius 3 is 2.11 bits per heavy atom. The van der Waals surface area contributed by atoms with Crippen LogP contribution < -0.4 is 11.2 Å². The zero-order chi connectivity index (χ0) is 13.4. The summed E-state index contributed by atoms with van der Waals surface area (Å²) in [5, 5.41) is 0. The average molecular weight is 245 g/mol. The molecule has 0 aliphatic rings. The van der Waals surface area contributed by atoms with Gasteiger partial charge in [0, 0.05) is 17.3 Å². The first-order chi connectivity index (χ1) is 8.40. The first kappa shape index (κ1) is 12.4. The lowest BCUT2D eigenvalue weighted by Crippen LogP contribution is -2.14. The Balaban J connectivity index is 2.86. The molecule has 2 aromatic heterocycles. The summed E-state index contributed by atoms with van der Waals surface area (Å²) in [6.07, 6.45) is 0. The molecule has 4 nitrogen and oxygen atoms in total. The van der Waals surface area contributed by atoms with Crippen molar-refractivity contribution in [3.05, 3.63) is 55.5 Å². The van der Waals surface area contributed by atoms with Crippen molar-refractivity contribution in [3.8, 4) is 11.1 Å². The second kappa shape index (κ2) is 4.29. The van der Waals surface area contributed by atoms with Crippen LogP contribution in [0.1, 0.15) is 22.6 Å². The summed E-state index contributed by atoms with van der Waals surface area (Å²) in [6, 6.07) is 3.31. The lowest BCUT2D eigenvalue weighted by atomic mass is 9.97. The molecule has 0 spiro atoms. The van der Waals surface area contributed by atoms with Gasteiger partial charge in [-0.05, 0) is 44.9 Å². The lowest BCUT2D eigenvalue weighted by Gasteiger charge is -2.10. The van der Waals surface area contributed by atoms with E-state index in [0.29, 0.717) is 16.9 Å². The van der Waals surface area contributed by atoms with E-state index in [1.165, 1.54) is 6.07 Å². The Hall–Kier alpha value is -2.10. The molecule has 2 rings (SSSR count). The number of hydrogen-bond donors (Lipinski definition) is 1. The number of H-pyrrole nitrogens is 1. The maximum Gasteiger partial charge on any atom is 0.336 e. The van der Waals surface area contributed by atoms with E-state index in [9.17, 15) is 9.59 Å². The van der Waals surface area contributed by atoms with Gasteiger partial charge in [-0.25, -0.2) is 4.79 Å². The largest absolute Gasteiger partial charge is 0.428 e. The molecule has 2 aromatic rings. The number of aryl methyl sites for hydroxylation is 4. The van der Waals surface area contributed by atoms with Crippen LogP contribution in [-0.2, 0) is 0 Å². The van der Waals surface area contributed by atoms with Crippen LogP contribution in [0.15, 0.2) is 26.1 Å². The van der Waals surface area contributed by atoms with E-state index in [1.54, 1.807) is 13.8 Å². The maximum absolute atomic E-state index is 12.1. The monoisotopic (exact) mass is 245 g/mol. The minimum atomic E-state index is -0.394. The third-order valence-corrected chi connectivity index (χ3v) is 2.95. The van der Waals surface area contributed by atoms with Gasteiger partial charge >= 0.3 is 5.63 Å². The molecule has 0 amide bonds. The molecule has 0 fully saturated rings. The summed E-state index contributed by atoms with van der Waals surface area (Å²) >= 11 is 0. The fourth-order valence-corrected chi connectivity index (χ4v) is 2.30. The predicted octanol–water partition coefficient (Wildman–Crippen LogP) is 2.23. The van der Waals surface area contributed by atoms with Gasteiger partial charge < -0.3 is 9.40 Å². The number of nitrogens with one attached hydrogen (secondary N) is 1. The molecule has 94 valence electrons. The van der Waals surface area contributed by atoms with Gasteiger partial charge in [-0.15, -0.1) is 0 Å². The average Bonchev–Trinajstić information content (AvgIpc) is 2.20. The predicted molar refractivity (Wildman–Crippen MR) is 70.0 cm³/mol. The van der Waals surface area contributed by atoms with Gasteiger partial charge in [0.25, 0.3) is 5.56 Å². The van der Waals surface area contributed by atoms with Crippen molar-refractivity contribution < 1.29 is 4.42 Å². The molecule has 0 bridgehead atoms. The third kappa shape index (κ3) is 2.01. The summed E-state index contributed by atoms with van der Waals surface area (Å²) in [5.74, 6) is 0.470. The zero-order valence-electron chi connectivity index (χ0n) is 10.9. The van der Waals surface area contributed by atoms with E-state index in [1.807, 2.05) is 19.9 Å². The quantitative estimate of drug-likeness (QED) is 0.838. The van der Waals surface area contributed by atoms with Crippen molar-refractivity contribution in [2.75, 3.05) is 0 Å². The molecular formula is C14H15NO3. The molecule has 0 unspecified atom stereocenters. The molecular weight excluding hydrogens is 230 g/mol. The Kier molecular flexibility index (Phi) is 2.95. The van der Waals surface area contributed by atoms with Gasteiger partial charge in [-0.3, -0.25) is 4.79 Å². The smallest absolute Gasteiger partial charge is 0.336 e. The summed E-state index contributed by atoms with van der Waals surface area (Å²) in [5.41, 5.74) is 3.15. The van der Waals surface area contributed by atoms with Crippen molar-refractivity contribution in [2.24, 2.45) is 0 Å². The van der Waals surface area contributed by atoms with Crippen molar-refractivity contribution >= 4 is 0 Å². The lowest BCUT2D eigenvalue weighted by molar-refractivity contribution is 0.481. The van der Waals surface area contributed by atoms with Crippen LogP contribution in [0.25, 0.3) is 11.1 Å². The van der Waals surface area contributed by atoms with Crippen LogP contribution in [-0.4, -0.2) is 4.98 Å². The molecule has 0 radical (unpaired) electrons. The third-order valence-electron chi connectivity index (χ3n) is 2.95. The van der Waals surface area contributed by atoms with E-state index in [2.05, 4.69) is 4.98 Å². The molecule has 0 aliphatic carbocycles. The Bertz CT molecular complexity index is 697. The highest BCUT2D eigenvalue weighted by molar-refractivity contribution is 5.70. The first-order valence-corrected chi connectivity index (χ1v) is 5.72. The van der Waals surface area contributed by atoms with Crippen LogP contribution in [0.5, 0.6) is 0 Å². The molecule has 18 heavy (non-hydrogen) atoms. The summed E-state index contributed by atoms with van der Waals surface area (Å²) in [7, 11) is 0. The standard InChI is InChI=1S/C14H15NO3/c1-7-5-9(3)15-14(17)13(7)12-8(2)6-11(16)18-10(12)4/h5-6H,1-4H3,(H,15,17). The van der Waals surface area contributed by atoms with Crippen LogP contribution >= 0.6 is 0 Å². The van der Waals surface area contributed by atoms with Gasteiger partial charge in [0.05, 0.1) is 5.56 Å². The van der Waals surface area contributed by atoms with E-state index >= 15 is 0 Å². The molecule has 0 aliphatic heterocycles. The first-order valence-electron chi connectivity index (χ1n) is 5.72. The van der Waals surface area contributed by atoms with Crippen LogP contribution in [0.2, 0.25) is 0 Å². The summed E-state index contributed by atoms with van der Waals surface area (Å²) in [6.45, 7) is 7.21. The van der Waals surface area contributed by atoms with Gasteiger partial charge in [0.1, 0.15) is 5.76 Å². The maximum atomic E-state index is 12.1. The van der Waals surface area contributed by atoms with Crippen LogP contribution in [0, 0.1) is 27.7 Å². The molecule has 2 heterocycles. The number of hydrogen-bond acceptors (Lipinski definition) is 3. The van der Waals surface area contributed by atoms with Crippen molar-refractivity contribution in [1.82, 2.24) is 4.98 Å². The van der Waals surface area contributed by atoms with E-state index in [4.69, 9.17) is 4.42 Å². The Labute approximate surface area is 104 Å². The highest BCUT2D eigenvalue weighted by atomic mass is 16.4. The topological polar surface area (TPSA) is 63.1 Å². The number of aromatic amines is 1. The fraction of sp³-hybridized carbons (Fsp3) is 0.286. The minimum absolute atomic E-state index is 0.160. The number of pyridine rings is 1. The Morgan fingerprint density at radius 2 is 1.56 bits per heavy atom. The fourth-order valence-electron chi connectivity index (χ4n) is 2.30. The van der Waals surface area contributed by atoms with E-state index in [0.717, 1.165) is 16.8 Å². The second-order valence-corrected chi connectivity index (χ2v) is 4.52. The molecule has 0 saturated heterocycles. The molecule has 4 heteroatoms. The zero-order valence-corrected chi connectivity index (χ0v) is 10.9. The SMILES string of the molecule is Cc1cc(C)c(-c2c(C)cc(=O)oc2C)c(=O)[nH]1. The highest BCUT2D eigenvalue weighted by Gasteiger charge is 2.15. The molecule has 0 saturated carbocycles. The Morgan fingerprint density at radius 1 is 0.944 bits per heavy atom. The number of aromatic nitrogens is 1. The van der Waals surface area contributed by atoms with Gasteiger partial charge in [0.2, 0.25) is 0 Å². The highest BCUT2D eigenvalue weighted by Crippen LogP contribution is 2.25. The molecule has 0 aromatic carbocycles. The normalized spacial score (nSPS) is 10.7. The van der Waals surface area contributed by atoms with Crippen LogP contribution in [0.4, 0.5) is 0 Å².